The van der Waals surface area contributed by atoms with Gasteiger partial charge < -0.3 is 4.74 Å². The number of benzene rings is 3. The summed E-state index contributed by atoms with van der Waals surface area (Å²) in [5, 5.41) is 0. The van der Waals surface area contributed by atoms with E-state index in [1.807, 2.05) is 48.5 Å². The second-order valence-corrected chi connectivity index (χ2v) is 11.5. The van der Waals surface area contributed by atoms with Crippen molar-refractivity contribution < 1.29 is 9.13 Å². The molecule has 0 aliphatic heterocycles. The van der Waals surface area contributed by atoms with Gasteiger partial charge in [0.05, 0.1) is 10.9 Å². The van der Waals surface area contributed by atoms with E-state index in [0.717, 1.165) is 16.7 Å². The molecule has 0 spiro atoms. The van der Waals surface area contributed by atoms with E-state index in [9.17, 15) is 0 Å². The Morgan fingerprint density at radius 2 is 1.45 bits per heavy atom. The number of fused-ring (bicyclic) bond motifs is 2. The van der Waals surface area contributed by atoms with Crippen LogP contribution in [0.15, 0.2) is 93.5 Å². The largest absolute Gasteiger partial charge is 0.484 e. The number of hydrogen-bond acceptors (Lipinski definition) is 1. The Kier molecular flexibility index (Phi) is 5.56. The molecule has 160 valence electrons. The molecule has 0 radical (unpaired) electrons. The molecule has 0 amide bonds. The molecular formula is C28H30FOS+. The van der Waals surface area contributed by atoms with Crippen molar-refractivity contribution in [1.29, 1.82) is 0 Å². The van der Waals surface area contributed by atoms with E-state index in [1.165, 1.54) is 35.5 Å². The van der Waals surface area contributed by atoms with E-state index in [2.05, 4.69) is 38.1 Å². The zero-order valence-corrected chi connectivity index (χ0v) is 19.1. The summed E-state index contributed by atoms with van der Waals surface area (Å²) in [6.45, 7) is 4.29. The molecule has 0 heterocycles. The fraction of sp³-hybridized carbons (Fsp3) is 0.357. The minimum atomic E-state index is -0.355. The fourth-order valence-electron chi connectivity index (χ4n) is 5.67. The van der Waals surface area contributed by atoms with Crippen LogP contribution in [0.4, 0.5) is 4.39 Å². The molecule has 31 heavy (non-hydrogen) atoms. The monoisotopic (exact) mass is 433 g/mol. The topological polar surface area (TPSA) is 9.23 Å². The molecule has 2 saturated carbocycles. The Morgan fingerprint density at radius 1 is 0.806 bits per heavy atom. The Balaban J connectivity index is 1.44. The first-order chi connectivity index (χ1) is 15.0. The van der Waals surface area contributed by atoms with E-state index < -0.39 is 0 Å². The molecular weight excluding hydrogens is 403 g/mol. The van der Waals surface area contributed by atoms with Crippen LogP contribution in [-0.4, -0.2) is 5.60 Å². The van der Waals surface area contributed by atoms with Gasteiger partial charge in [0.25, 0.3) is 0 Å². The molecule has 0 aromatic heterocycles. The average Bonchev–Trinajstić information content (AvgIpc) is 3.42. The van der Waals surface area contributed by atoms with Gasteiger partial charge in [0.15, 0.2) is 26.3 Å². The maximum absolute atomic E-state index is 15.3. The van der Waals surface area contributed by atoms with Gasteiger partial charge in [-0.1, -0.05) is 42.8 Å². The highest BCUT2D eigenvalue weighted by molar-refractivity contribution is 7.97. The Hall–Kier alpha value is -2.26. The highest BCUT2D eigenvalue weighted by atomic mass is 32.2. The van der Waals surface area contributed by atoms with Crippen molar-refractivity contribution in [1.82, 2.24) is 0 Å². The first-order valence-electron chi connectivity index (χ1n) is 11.3. The van der Waals surface area contributed by atoms with Crippen LogP contribution in [-0.2, 0) is 10.9 Å². The zero-order chi connectivity index (χ0) is 21.4. The number of rotatable bonds is 6. The minimum absolute atomic E-state index is 0.266. The Bertz CT molecular complexity index is 994. The quantitative estimate of drug-likeness (QED) is 0.365. The summed E-state index contributed by atoms with van der Waals surface area (Å²) in [5.74, 6) is 2.22. The van der Waals surface area contributed by atoms with Crippen molar-refractivity contribution in [3.05, 3.63) is 84.7 Å². The van der Waals surface area contributed by atoms with Crippen LogP contribution in [0.5, 0.6) is 5.75 Å². The summed E-state index contributed by atoms with van der Waals surface area (Å²) in [6, 6.07) is 26.3. The normalized spacial score (nSPS) is 22.8. The molecule has 3 aromatic rings. The summed E-state index contributed by atoms with van der Waals surface area (Å²) >= 11 is 0. The summed E-state index contributed by atoms with van der Waals surface area (Å²) in [7, 11) is -0.355. The summed E-state index contributed by atoms with van der Waals surface area (Å²) < 4.78 is 21.7. The maximum atomic E-state index is 15.3. The van der Waals surface area contributed by atoms with Crippen LogP contribution in [0.1, 0.15) is 39.5 Å². The molecule has 0 saturated heterocycles. The highest BCUT2D eigenvalue weighted by Gasteiger charge is 2.48. The predicted octanol–water partition coefficient (Wildman–Crippen LogP) is 7.51. The van der Waals surface area contributed by atoms with Gasteiger partial charge in [-0.15, -0.1) is 0 Å². The van der Waals surface area contributed by atoms with Gasteiger partial charge >= 0.3 is 0 Å². The van der Waals surface area contributed by atoms with Crippen molar-refractivity contribution >= 4 is 10.9 Å². The second-order valence-electron chi connectivity index (χ2n) is 9.51. The third-order valence-electron chi connectivity index (χ3n) is 7.10. The van der Waals surface area contributed by atoms with Gasteiger partial charge in [-0.05, 0) is 81.3 Å². The van der Waals surface area contributed by atoms with E-state index >= 15 is 4.39 Å². The highest BCUT2D eigenvalue weighted by Crippen LogP contribution is 2.53. The number of hydrogen-bond donors (Lipinski definition) is 0. The SMILES string of the molecule is CC(C)(Oc1ccc([S+](c2ccccc2)c2ccccc2)cc1F)C1CC2CCC1C2. The van der Waals surface area contributed by atoms with Gasteiger partial charge in [0, 0.05) is 12.0 Å². The smallest absolute Gasteiger partial charge is 0.170 e. The predicted molar refractivity (Wildman–Crippen MR) is 125 cm³/mol. The lowest BCUT2D eigenvalue weighted by Gasteiger charge is -2.37. The molecule has 2 aliphatic rings. The molecule has 3 unspecified atom stereocenters. The van der Waals surface area contributed by atoms with E-state index in [4.69, 9.17) is 4.74 Å². The Morgan fingerprint density at radius 3 is 1.97 bits per heavy atom. The fourth-order valence-corrected chi connectivity index (χ4v) is 7.77. The van der Waals surface area contributed by atoms with Crippen molar-refractivity contribution in [3.63, 3.8) is 0 Å². The van der Waals surface area contributed by atoms with Gasteiger partial charge in [-0.25, -0.2) is 4.39 Å². The molecule has 2 aliphatic carbocycles. The van der Waals surface area contributed by atoms with Crippen molar-refractivity contribution in [2.24, 2.45) is 17.8 Å². The molecule has 2 bridgehead atoms. The van der Waals surface area contributed by atoms with Crippen LogP contribution >= 0.6 is 0 Å². The lowest BCUT2D eigenvalue weighted by molar-refractivity contribution is 0.0130. The van der Waals surface area contributed by atoms with Crippen LogP contribution in [0.25, 0.3) is 0 Å². The van der Waals surface area contributed by atoms with Crippen LogP contribution in [0, 0.1) is 23.6 Å². The summed E-state index contributed by atoms with van der Waals surface area (Å²) in [6.07, 6.45) is 5.22. The van der Waals surface area contributed by atoms with Gasteiger partial charge in [-0.3, -0.25) is 0 Å². The molecule has 1 nitrogen and oxygen atoms in total. The minimum Gasteiger partial charge on any atom is -0.484 e. The maximum Gasteiger partial charge on any atom is 0.170 e. The van der Waals surface area contributed by atoms with E-state index in [-0.39, 0.29) is 22.3 Å². The van der Waals surface area contributed by atoms with Crippen molar-refractivity contribution in [3.8, 4) is 5.75 Å². The summed E-state index contributed by atoms with van der Waals surface area (Å²) in [5.41, 5.74) is -0.345. The molecule has 5 rings (SSSR count). The molecule has 2 fully saturated rings. The van der Waals surface area contributed by atoms with Crippen LogP contribution in [0.3, 0.4) is 0 Å². The molecule has 3 aromatic carbocycles. The Labute approximate surface area is 188 Å². The number of ether oxygens (including phenoxy) is 1. The van der Waals surface area contributed by atoms with Crippen molar-refractivity contribution in [2.45, 2.75) is 59.8 Å². The standard InChI is InChI=1S/C28H30FOS/c1-28(2,25-18-20-13-14-21(25)17-20)30-27-16-15-24(19-26(27)29)31(22-9-5-3-6-10-22)23-11-7-4-8-12-23/h3-12,15-16,19-21,25H,13-14,17-18H2,1-2H3/q+1. The van der Waals surface area contributed by atoms with E-state index in [0.29, 0.717) is 11.7 Å². The lowest BCUT2D eigenvalue weighted by Crippen LogP contribution is -2.40. The lowest BCUT2D eigenvalue weighted by atomic mass is 9.78. The van der Waals surface area contributed by atoms with Crippen LogP contribution in [0.2, 0.25) is 0 Å². The molecule has 3 heteroatoms. The first kappa shape index (κ1) is 20.6. The third-order valence-corrected chi connectivity index (χ3v) is 9.31. The summed E-state index contributed by atoms with van der Waals surface area (Å²) in [4.78, 5) is 3.34. The number of halogens is 1. The third kappa shape index (κ3) is 4.13. The molecule has 0 N–H and O–H groups in total. The molecule has 3 atom stereocenters. The van der Waals surface area contributed by atoms with Crippen molar-refractivity contribution in [2.75, 3.05) is 0 Å². The van der Waals surface area contributed by atoms with Gasteiger partial charge in [0.2, 0.25) is 0 Å². The first-order valence-corrected chi connectivity index (χ1v) is 12.6. The second kappa shape index (κ2) is 8.35. The van der Waals surface area contributed by atoms with Crippen LogP contribution < -0.4 is 4.74 Å². The van der Waals surface area contributed by atoms with E-state index in [1.54, 1.807) is 6.07 Å². The zero-order valence-electron chi connectivity index (χ0n) is 18.3. The van der Waals surface area contributed by atoms with Gasteiger partial charge in [0.1, 0.15) is 5.60 Å². The average molecular weight is 434 g/mol. The van der Waals surface area contributed by atoms with Gasteiger partial charge in [-0.2, -0.15) is 0 Å².